The second-order valence-corrected chi connectivity index (χ2v) is 2.61. The number of hydrogen-bond acceptors (Lipinski definition) is 1. The minimum absolute atomic E-state index is 0.973. The Bertz CT molecular complexity index is 295. The molecule has 0 radical (unpaired) electrons. The molecule has 1 heterocycles. The molecule has 12 heavy (non-hydrogen) atoms. The van der Waals surface area contributed by atoms with Crippen molar-refractivity contribution in [1.29, 1.82) is 0 Å². The molecule has 0 amide bonds. The zero-order valence-electron chi connectivity index (χ0n) is 7.62. The smallest absolute Gasteiger partial charge is 0.110 e. The van der Waals surface area contributed by atoms with E-state index in [2.05, 4.69) is 24.6 Å². The molecule has 1 rings (SSSR count). The van der Waals surface area contributed by atoms with Crippen molar-refractivity contribution in [3.05, 3.63) is 30.4 Å². The Kier molecular flexibility index (Phi) is 2.86. The minimum Gasteiger partial charge on any atom is -0.311 e. The van der Waals surface area contributed by atoms with E-state index in [4.69, 9.17) is 0 Å². The standard InChI is InChI=1S/C10H14N2/c1-4-6-7-10-8-12(5-2)9(3)11-10/h5-8H,2,4H2,1,3H3. The number of nitrogens with zero attached hydrogens (tertiary/aromatic N) is 2. The summed E-state index contributed by atoms with van der Waals surface area (Å²) in [6.07, 6.45) is 8.88. The molecule has 0 saturated heterocycles. The third-order valence-electron chi connectivity index (χ3n) is 1.66. The largest absolute Gasteiger partial charge is 0.311 e. The first-order valence-electron chi connectivity index (χ1n) is 4.12. The maximum Gasteiger partial charge on any atom is 0.110 e. The number of hydrogen-bond donors (Lipinski definition) is 0. The van der Waals surface area contributed by atoms with Gasteiger partial charge in [-0.1, -0.05) is 19.6 Å². The van der Waals surface area contributed by atoms with Gasteiger partial charge in [-0.05, 0) is 19.4 Å². The molecule has 1 aromatic rings. The second-order valence-electron chi connectivity index (χ2n) is 2.61. The first-order chi connectivity index (χ1) is 5.77. The van der Waals surface area contributed by atoms with E-state index < -0.39 is 0 Å². The third-order valence-corrected chi connectivity index (χ3v) is 1.66. The van der Waals surface area contributed by atoms with Gasteiger partial charge in [-0.2, -0.15) is 0 Å². The molecule has 0 bridgehead atoms. The van der Waals surface area contributed by atoms with Crippen LogP contribution in [0.4, 0.5) is 0 Å². The summed E-state index contributed by atoms with van der Waals surface area (Å²) in [5.41, 5.74) is 0.995. The molecule has 1 aromatic heterocycles. The van der Waals surface area contributed by atoms with E-state index in [1.54, 1.807) is 6.20 Å². The highest BCUT2D eigenvalue weighted by molar-refractivity contribution is 5.45. The Hall–Kier alpha value is -1.31. The SMILES string of the molecule is C=Cn1cc(C=CCC)nc1C. The second kappa shape index (κ2) is 3.90. The Morgan fingerprint density at radius 2 is 2.42 bits per heavy atom. The molecule has 0 unspecified atom stereocenters. The molecule has 2 heteroatoms. The first-order valence-corrected chi connectivity index (χ1v) is 4.12. The van der Waals surface area contributed by atoms with E-state index in [1.165, 1.54) is 0 Å². The van der Waals surface area contributed by atoms with Gasteiger partial charge >= 0.3 is 0 Å². The molecular formula is C10H14N2. The van der Waals surface area contributed by atoms with E-state index in [-0.39, 0.29) is 0 Å². The van der Waals surface area contributed by atoms with Crippen LogP contribution in [0.2, 0.25) is 0 Å². The van der Waals surface area contributed by atoms with Gasteiger partial charge in [0.15, 0.2) is 0 Å². The van der Waals surface area contributed by atoms with Crippen molar-refractivity contribution in [3.8, 4) is 0 Å². The topological polar surface area (TPSA) is 17.8 Å². The molecule has 0 N–H and O–H groups in total. The van der Waals surface area contributed by atoms with E-state index in [9.17, 15) is 0 Å². The van der Waals surface area contributed by atoms with Crippen molar-refractivity contribution in [1.82, 2.24) is 9.55 Å². The van der Waals surface area contributed by atoms with E-state index >= 15 is 0 Å². The fourth-order valence-corrected chi connectivity index (χ4v) is 1.01. The van der Waals surface area contributed by atoms with Crippen molar-refractivity contribution in [2.45, 2.75) is 20.3 Å². The number of aromatic nitrogens is 2. The summed E-state index contributed by atoms with van der Waals surface area (Å²) in [5, 5.41) is 0. The highest BCUT2D eigenvalue weighted by Gasteiger charge is 1.96. The summed E-state index contributed by atoms with van der Waals surface area (Å²) in [6, 6.07) is 0. The van der Waals surface area contributed by atoms with Crippen LogP contribution in [0.15, 0.2) is 18.9 Å². The minimum atomic E-state index is 0.973. The molecule has 0 aliphatic heterocycles. The van der Waals surface area contributed by atoms with Gasteiger partial charge in [-0.25, -0.2) is 4.98 Å². The molecule has 0 aromatic carbocycles. The summed E-state index contributed by atoms with van der Waals surface area (Å²) in [7, 11) is 0. The van der Waals surface area contributed by atoms with Crippen LogP contribution < -0.4 is 0 Å². The van der Waals surface area contributed by atoms with Crippen molar-refractivity contribution >= 4 is 12.3 Å². The molecule has 0 aliphatic rings. The summed E-state index contributed by atoms with van der Waals surface area (Å²) in [5.74, 6) is 0.973. The van der Waals surface area contributed by atoms with Crippen LogP contribution in [0.5, 0.6) is 0 Å². The van der Waals surface area contributed by atoms with Crippen LogP contribution in [0, 0.1) is 6.92 Å². The van der Waals surface area contributed by atoms with Crippen molar-refractivity contribution in [2.24, 2.45) is 0 Å². The van der Waals surface area contributed by atoms with Crippen LogP contribution in [0.25, 0.3) is 12.3 Å². The third kappa shape index (κ3) is 1.84. The molecule has 0 fully saturated rings. The van der Waals surface area contributed by atoms with Crippen molar-refractivity contribution < 1.29 is 0 Å². The van der Waals surface area contributed by atoms with Gasteiger partial charge in [0.05, 0.1) is 5.69 Å². The fraction of sp³-hybridized carbons (Fsp3) is 0.300. The van der Waals surface area contributed by atoms with Crippen LogP contribution in [-0.4, -0.2) is 9.55 Å². The van der Waals surface area contributed by atoms with Gasteiger partial charge < -0.3 is 4.57 Å². The predicted octanol–water partition coefficient (Wildman–Crippen LogP) is 2.72. The van der Waals surface area contributed by atoms with Gasteiger partial charge in [0.2, 0.25) is 0 Å². The summed E-state index contributed by atoms with van der Waals surface area (Å²) in [6.45, 7) is 7.75. The zero-order valence-corrected chi connectivity index (χ0v) is 7.62. The Balaban J connectivity index is 2.89. The summed E-state index contributed by atoms with van der Waals surface area (Å²) >= 11 is 0. The van der Waals surface area contributed by atoms with Gasteiger partial charge in [-0.15, -0.1) is 0 Å². The number of allylic oxidation sites excluding steroid dienone is 1. The van der Waals surface area contributed by atoms with E-state index in [1.807, 2.05) is 23.8 Å². The lowest BCUT2D eigenvalue weighted by Gasteiger charge is -1.90. The average molecular weight is 162 g/mol. The average Bonchev–Trinajstić information content (AvgIpc) is 2.43. The first kappa shape index (κ1) is 8.78. The number of imidazole rings is 1. The molecule has 64 valence electrons. The molecule has 0 saturated carbocycles. The molecule has 0 aliphatic carbocycles. The predicted molar refractivity (Wildman–Crippen MR) is 52.7 cm³/mol. The molecule has 2 nitrogen and oxygen atoms in total. The maximum atomic E-state index is 4.32. The van der Waals surface area contributed by atoms with E-state index in [0.29, 0.717) is 0 Å². The lowest BCUT2D eigenvalue weighted by atomic mass is 10.3. The van der Waals surface area contributed by atoms with Crippen molar-refractivity contribution in [3.63, 3.8) is 0 Å². The van der Waals surface area contributed by atoms with Crippen LogP contribution in [0.3, 0.4) is 0 Å². The Morgan fingerprint density at radius 1 is 1.67 bits per heavy atom. The lowest BCUT2D eigenvalue weighted by Crippen LogP contribution is -1.84. The lowest BCUT2D eigenvalue weighted by molar-refractivity contribution is 1.03. The van der Waals surface area contributed by atoms with Crippen LogP contribution >= 0.6 is 0 Å². The van der Waals surface area contributed by atoms with Crippen LogP contribution in [-0.2, 0) is 0 Å². The highest BCUT2D eigenvalue weighted by Crippen LogP contribution is 2.04. The Morgan fingerprint density at radius 3 is 2.92 bits per heavy atom. The van der Waals surface area contributed by atoms with E-state index in [0.717, 1.165) is 17.9 Å². The van der Waals surface area contributed by atoms with Gasteiger partial charge in [0.25, 0.3) is 0 Å². The van der Waals surface area contributed by atoms with Gasteiger partial charge in [0, 0.05) is 12.4 Å². The van der Waals surface area contributed by atoms with Crippen molar-refractivity contribution in [2.75, 3.05) is 0 Å². The maximum absolute atomic E-state index is 4.32. The summed E-state index contributed by atoms with van der Waals surface area (Å²) < 4.78 is 1.91. The van der Waals surface area contributed by atoms with Gasteiger partial charge in [0.1, 0.15) is 5.82 Å². The molecule has 0 atom stereocenters. The highest BCUT2D eigenvalue weighted by atomic mass is 15.0. The number of aryl methyl sites for hydroxylation is 1. The molecule has 0 spiro atoms. The summed E-state index contributed by atoms with van der Waals surface area (Å²) in [4.78, 5) is 4.32. The number of rotatable bonds is 3. The normalized spacial score (nSPS) is 10.8. The Labute approximate surface area is 73.2 Å². The monoisotopic (exact) mass is 162 g/mol. The molecular weight excluding hydrogens is 148 g/mol. The van der Waals surface area contributed by atoms with Crippen LogP contribution in [0.1, 0.15) is 24.9 Å². The zero-order chi connectivity index (χ0) is 8.97. The quantitative estimate of drug-likeness (QED) is 0.668. The fourth-order valence-electron chi connectivity index (χ4n) is 1.01. The van der Waals surface area contributed by atoms with Gasteiger partial charge in [-0.3, -0.25) is 0 Å².